The summed E-state index contributed by atoms with van der Waals surface area (Å²) in [4.78, 5) is 0. The van der Waals surface area contributed by atoms with Gasteiger partial charge >= 0.3 is 0 Å². The summed E-state index contributed by atoms with van der Waals surface area (Å²) in [5.74, 6) is 0.461. The quantitative estimate of drug-likeness (QED) is 0.902. The zero-order valence-electron chi connectivity index (χ0n) is 12.5. The van der Waals surface area contributed by atoms with Gasteiger partial charge < -0.3 is 19.2 Å². The summed E-state index contributed by atoms with van der Waals surface area (Å²) in [6.07, 6.45) is 0.0842. The normalized spacial score (nSPS) is 22.8. The maximum Gasteiger partial charge on any atom is 0.163 e. The second-order valence-corrected chi connectivity index (χ2v) is 6.83. The highest BCUT2D eigenvalue weighted by Crippen LogP contribution is 2.27. The molecular formula is C16H20BrNO3. The molecule has 0 saturated carbocycles. The van der Waals surface area contributed by atoms with Gasteiger partial charge in [0.1, 0.15) is 11.3 Å². The van der Waals surface area contributed by atoms with Gasteiger partial charge in [0.25, 0.3) is 0 Å². The number of ether oxygens (including phenoxy) is 2. The predicted molar refractivity (Wildman–Crippen MR) is 85.2 cm³/mol. The Hall–Kier alpha value is -0.880. The Bertz CT molecular complexity index is 637. The van der Waals surface area contributed by atoms with Gasteiger partial charge in [-0.1, -0.05) is 15.9 Å². The van der Waals surface area contributed by atoms with E-state index in [-0.39, 0.29) is 12.1 Å². The molecular weight excluding hydrogens is 334 g/mol. The molecule has 0 radical (unpaired) electrons. The van der Waals surface area contributed by atoms with Gasteiger partial charge in [-0.2, -0.15) is 0 Å². The molecule has 4 nitrogen and oxygen atoms in total. The van der Waals surface area contributed by atoms with Crippen LogP contribution in [-0.2, 0) is 9.47 Å². The van der Waals surface area contributed by atoms with Crippen LogP contribution in [0.1, 0.15) is 32.6 Å². The Balaban J connectivity index is 1.63. The topological polar surface area (TPSA) is 43.6 Å². The average molecular weight is 354 g/mol. The van der Waals surface area contributed by atoms with E-state index in [1.807, 2.05) is 26.0 Å². The maximum atomic E-state index is 5.89. The molecule has 1 fully saturated rings. The van der Waals surface area contributed by atoms with Crippen LogP contribution in [0.3, 0.4) is 0 Å². The molecule has 1 aliphatic heterocycles. The van der Waals surface area contributed by atoms with Crippen molar-refractivity contribution in [1.82, 2.24) is 5.32 Å². The highest BCUT2D eigenvalue weighted by atomic mass is 79.9. The van der Waals surface area contributed by atoms with Crippen molar-refractivity contribution in [1.29, 1.82) is 0 Å². The van der Waals surface area contributed by atoms with Crippen LogP contribution in [0.2, 0.25) is 0 Å². The number of furan rings is 1. The van der Waals surface area contributed by atoms with E-state index in [4.69, 9.17) is 13.9 Å². The van der Waals surface area contributed by atoms with E-state index in [0.717, 1.165) is 27.7 Å². The summed E-state index contributed by atoms with van der Waals surface area (Å²) in [7, 11) is 0. The molecule has 114 valence electrons. The van der Waals surface area contributed by atoms with Gasteiger partial charge in [0, 0.05) is 16.4 Å². The molecule has 1 saturated heterocycles. The highest BCUT2D eigenvalue weighted by Gasteiger charge is 2.32. The molecule has 0 spiro atoms. The Morgan fingerprint density at radius 1 is 1.38 bits per heavy atom. The van der Waals surface area contributed by atoms with Gasteiger partial charge in [-0.25, -0.2) is 0 Å². The standard InChI is InChI=1S/C16H20BrNO3/c1-10(18-8-13-9-19-16(2,3)21-13)15-7-11-6-12(17)4-5-14(11)20-15/h4-7,10,13,18H,8-9H2,1-3H3. The molecule has 1 aliphatic rings. The van der Waals surface area contributed by atoms with Gasteiger partial charge in [-0.3, -0.25) is 0 Å². The first-order chi connectivity index (χ1) is 9.93. The summed E-state index contributed by atoms with van der Waals surface area (Å²) >= 11 is 3.48. The number of benzene rings is 1. The average Bonchev–Trinajstić information content (AvgIpc) is 2.98. The van der Waals surface area contributed by atoms with Gasteiger partial charge in [0.2, 0.25) is 0 Å². The fourth-order valence-electron chi connectivity index (χ4n) is 2.52. The maximum absolute atomic E-state index is 5.89. The number of halogens is 1. The lowest BCUT2D eigenvalue weighted by Gasteiger charge is -2.18. The molecule has 1 N–H and O–H groups in total. The third-order valence-electron chi connectivity index (χ3n) is 3.64. The van der Waals surface area contributed by atoms with Gasteiger partial charge in [-0.15, -0.1) is 0 Å². The molecule has 1 aromatic carbocycles. The minimum atomic E-state index is -0.471. The van der Waals surface area contributed by atoms with Crippen molar-refractivity contribution in [2.75, 3.05) is 13.2 Å². The van der Waals surface area contributed by atoms with Gasteiger partial charge in [-0.05, 0) is 45.0 Å². The van der Waals surface area contributed by atoms with Crippen LogP contribution in [0.4, 0.5) is 0 Å². The SMILES string of the molecule is CC(NCC1COC(C)(C)O1)c1cc2cc(Br)ccc2o1. The first kappa shape index (κ1) is 15.0. The summed E-state index contributed by atoms with van der Waals surface area (Å²) in [6, 6.07) is 8.23. The largest absolute Gasteiger partial charge is 0.459 e. The van der Waals surface area contributed by atoms with Crippen molar-refractivity contribution in [3.05, 3.63) is 34.5 Å². The van der Waals surface area contributed by atoms with Crippen LogP contribution < -0.4 is 5.32 Å². The summed E-state index contributed by atoms with van der Waals surface area (Å²) in [6.45, 7) is 7.33. The Morgan fingerprint density at radius 3 is 2.90 bits per heavy atom. The van der Waals surface area contributed by atoms with Gasteiger partial charge in [0.05, 0.1) is 18.8 Å². The first-order valence-electron chi connectivity index (χ1n) is 7.17. The molecule has 2 aromatic rings. The molecule has 0 aliphatic carbocycles. The van der Waals surface area contributed by atoms with Crippen molar-refractivity contribution < 1.29 is 13.9 Å². The number of fused-ring (bicyclic) bond motifs is 1. The molecule has 2 heterocycles. The molecule has 5 heteroatoms. The summed E-state index contributed by atoms with van der Waals surface area (Å²) < 4.78 is 18.3. The van der Waals surface area contributed by atoms with Crippen LogP contribution >= 0.6 is 15.9 Å². The zero-order valence-corrected chi connectivity index (χ0v) is 14.1. The lowest BCUT2D eigenvalue weighted by molar-refractivity contribution is -0.137. The smallest absolute Gasteiger partial charge is 0.163 e. The molecule has 2 unspecified atom stereocenters. The Kier molecular flexibility index (Phi) is 4.10. The highest BCUT2D eigenvalue weighted by molar-refractivity contribution is 9.10. The fourth-order valence-corrected chi connectivity index (χ4v) is 2.90. The first-order valence-corrected chi connectivity index (χ1v) is 7.96. The van der Waals surface area contributed by atoms with E-state index in [0.29, 0.717) is 6.61 Å². The van der Waals surface area contributed by atoms with Crippen LogP contribution in [0, 0.1) is 0 Å². The molecule has 1 aromatic heterocycles. The number of rotatable bonds is 4. The Morgan fingerprint density at radius 2 is 2.19 bits per heavy atom. The number of nitrogens with one attached hydrogen (secondary N) is 1. The molecule has 3 rings (SSSR count). The predicted octanol–water partition coefficient (Wildman–Crippen LogP) is 4.00. The van der Waals surface area contributed by atoms with Crippen LogP contribution in [-0.4, -0.2) is 25.0 Å². The minimum absolute atomic E-state index is 0.0842. The van der Waals surface area contributed by atoms with Crippen LogP contribution in [0.15, 0.2) is 33.2 Å². The fraction of sp³-hybridized carbons (Fsp3) is 0.500. The van der Waals surface area contributed by atoms with Crippen LogP contribution in [0.25, 0.3) is 11.0 Å². The summed E-state index contributed by atoms with van der Waals surface area (Å²) in [5.41, 5.74) is 0.906. The van der Waals surface area contributed by atoms with Gasteiger partial charge in [0.15, 0.2) is 5.79 Å². The summed E-state index contributed by atoms with van der Waals surface area (Å²) in [5, 5.41) is 4.55. The van der Waals surface area contributed by atoms with Crippen molar-refractivity contribution >= 4 is 26.9 Å². The lowest BCUT2D eigenvalue weighted by Crippen LogP contribution is -2.32. The molecule has 21 heavy (non-hydrogen) atoms. The van der Waals surface area contributed by atoms with E-state index in [2.05, 4.69) is 40.3 Å². The van der Waals surface area contributed by atoms with E-state index in [1.54, 1.807) is 0 Å². The monoisotopic (exact) mass is 353 g/mol. The lowest BCUT2D eigenvalue weighted by atomic mass is 10.2. The zero-order chi connectivity index (χ0) is 15.0. The third kappa shape index (κ3) is 3.48. The Labute approximate surface area is 132 Å². The molecule has 0 amide bonds. The number of hydrogen-bond donors (Lipinski definition) is 1. The van der Waals surface area contributed by atoms with Crippen molar-refractivity contribution in [3.63, 3.8) is 0 Å². The van der Waals surface area contributed by atoms with Crippen molar-refractivity contribution in [2.24, 2.45) is 0 Å². The molecule has 0 bridgehead atoms. The van der Waals surface area contributed by atoms with Crippen molar-refractivity contribution in [3.8, 4) is 0 Å². The van der Waals surface area contributed by atoms with E-state index in [1.165, 1.54) is 0 Å². The third-order valence-corrected chi connectivity index (χ3v) is 4.14. The minimum Gasteiger partial charge on any atom is -0.459 e. The molecule has 2 atom stereocenters. The van der Waals surface area contributed by atoms with E-state index < -0.39 is 5.79 Å². The van der Waals surface area contributed by atoms with E-state index in [9.17, 15) is 0 Å². The van der Waals surface area contributed by atoms with E-state index >= 15 is 0 Å². The second-order valence-electron chi connectivity index (χ2n) is 5.91. The van der Waals surface area contributed by atoms with Crippen molar-refractivity contribution in [2.45, 2.75) is 38.7 Å². The van der Waals surface area contributed by atoms with Crippen LogP contribution in [0.5, 0.6) is 0 Å². The number of hydrogen-bond acceptors (Lipinski definition) is 4. The second kappa shape index (κ2) is 5.72.